The van der Waals surface area contributed by atoms with Crippen LogP contribution < -0.4 is 0 Å². The molecule has 0 aromatic rings. The van der Waals surface area contributed by atoms with Gasteiger partial charge < -0.3 is 49.6 Å². The molecule has 0 spiro atoms. The van der Waals surface area contributed by atoms with Gasteiger partial charge in [0, 0.05) is 18.3 Å². The first-order valence-electron chi connectivity index (χ1n) is 8.55. The molecular formula is C15H23ClO10. The van der Waals surface area contributed by atoms with E-state index in [-0.39, 0.29) is 6.61 Å². The molecule has 12 atom stereocenters. The normalized spacial score (nSPS) is 59.4. The largest absolute Gasteiger partial charge is 0.394 e. The summed E-state index contributed by atoms with van der Waals surface area (Å²) in [6.45, 7) is -0.737. The SMILES string of the molecule is OC[C@H]1O[C@@H](O[C@@H]2O[C@@H]3C[C@H]4[C@H](O)[C@@H](Cl)C(O)(CO3)[C@@H]24)[C@H](O)[C@@H](O)[C@@H]1O. The lowest BCUT2D eigenvalue weighted by atomic mass is 9.83. The van der Waals surface area contributed by atoms with Gasteiger partial charge in [-0.2, -0.15) is 0 Å². The average molecular weight is 399 g/mol. The molecule has 5 fully saturated rings. The number of alkyl halides is 1. The molecule has 5 rings (SSSR count). The fraction of sp³-hybridized carbons (Fsp3) is 1.00. The zero-order valence-corrected chi connectivity index (χ0v) is 14.4. The van der Waals surface area contributed by atoms with Crippen LogP contribution in [0.5, 0.6) is 0 Å². The summed E-state index contributed by atoms with van der Waals surface area (Å²) in [7, 11) is 0. The van der Waals surface area contributed by atoms with Gasteiger partial charge in [0.05, 0.1) is 24.7 Å². The van der Waals surface area contributed by atoms with Crippen LogP contribution in [0.3, 0.4) is 0 Å². The summed E-state index contributed by atoms with van der Waals surface area (Å²) < 4.78 is 22.2. The van der Waals surface area contributed by atoms with Crippen LogP contribution in [0.4, 0.5) is 0 Å². The van der Waals surface area contributed by atoms with Crippen LogP contribution in [0.25, 0.3) is 0 Å². The molecule has 1 saturated carbocycles. The van der Waals surface area contributed by atoms with Crippen molar-refractivity contribution in [2.24, 2.45) is 11.8 Å². The smallest absolute Gasteiger partial charge is 0.189 e. The van der Waals surface area contributed by atoms with Crippen LogP contribution in [0.1, 0.15) is 6.42 Å². The summed E-state index contributed by atoms with van der Waals surface area (Å²) in [4.78, 5) is 0. The third kappa shape index (κ3) is 2.72. The van der Waals surface area contributed by atoms with Gasteiger partial charge in [-0.15, -0.1) is 11.6 Å². The molecule has 10 nitrogen and oxygen atoms in total. The number of rotatable bonds is 3. The van der Waals surface area contributed by atoms with E-state index >= 15 is 0 Å². The highest BCUT2D eigenvalue weighted by Gasteiger charge is 2.67. The monoisotopic (exact) mass is 398 g/mol. The van der Waals surface area contributed by atoms with Gasteiger partial charge in [-0.25, -0.2) is 0 Å². The minimum atomic E-state index is -1.61. The first-order chi connectivity index (χ1) is 12.3. The number of ether oxygens (including phenoxy) is 4. The second-order valence-corrected chi connectivity index (χ2v) is 7.86. The van der Waals surface area contributed by atoms with Gasteiger partial charge in [-0.05, 0) is 0 Å². The summed E-state index contributed by atoms with van der Waals surface area (Å²) in [5.74, 6) is -1.19. The fourth-order valence-corrected chi connectivity index (χ4v) is 4.85. The molecule has 6 N–H and O–H groups in total. The van der Waals surface area contributed by atoms with Crippen LogP contribution in [0.2, 0.25) is 0 Å². The van der Waals surface area contributed by atoms with Gasteiger partial charge in [0.2, 0.25) is 0 Å². The lowest BCUT2D eigenvalue weighted by Gasteiger charge is -2.44. The predicted molar refractivity (Wildman–Crippen MR) is 81.7 cm³/mol. The highest BCUT2D eigenvalue weighted by atomic mass is 35.5. The van der Waals surface area contributed by atoms with Gasteiger partial charge in [-0.1, -0.05) is 0 Å². The number of fused-ring (bicyclic) bond motifs is 2. The van der Waals surface area contributed by atoms with E-state index in [2.05, 4.69) is 0 Å². The molecule has 4 aliphatic heterocycles. The zero-order chi connectivity index (χ0) is 18.8. The molecule has 0 aromatic carbocycles. The van der Waals surface area contributed by atoms with E-state index in [0.29, 0.717) is 6.42 Å². The summed E-state index contributed by atoms with van der Waals surface area (Å²) >= 11 is 6.22. The van der Waals surface area contributed by atoms with E-state index in [9.17, 15) is 30.6 Å². The number of aliphatic hydroxyl groups excluding tert-OH is 5. The van der Waals surface area contributed by atoms with Gasteiger partial charge in [0.25, 0.3) is 0 Å². The van der Waals surface area contributed by atoms with Crippen molar-refractivity contribution in [3.05, 3.63) is 0 Å². The van der Waals surface area contributed by atoms with Gasteiger partial charge >= 0.3 is 0 Å². The average Bonchev–Trinajstić information content (AvgIpc) is 2.77. The lowest BCUT2D eigenvalue weighted by molar-refractivity contribution is -0.370. The molecule has 4 saturated heterocycles. The van der Waals surface area contributed by atoms with Crippen molar-refractivity contribution < 1.29 is 49.6 Å². The number of hydrogen-bond acceptors (Lipinski definition) is 10. The molecule has 5 aliphatic rings. The molecule has 1 aliphatic carbocycles. The van der Waals surface area contributed by atoms with E-state index in [1.807, 2.05) is 0 Å². The Morgan fingerprint density at radius 3 is 2.42 bits per heavy atom. The zero-order valence-electron chi connectivity index (χ0n) is 13.7. The molecule has 1 unspecified atom stereocenters. The van der Waals surface area contributed by atoms with Crippen molar-refractivity contribution in [1.29, 1.82) is 0 Å². The minimum absolute atomic E-state index is 0.140. The van der Waals surface area contributed by atoms with Crippen LogP contribution in [-0.4, -0.2) is 104 Å². The summed E-state index contributed by atoms with van der Waals surface area (Å²) in [6, 6.07) is 0. The van der Waals surface area contributed by atoms with E-state index in [4.69, 9.17) is 30.5 Å². The number of hydrogen-bond donors (Lipinski definition) is 6. The molecular weight excluding hydrogens is 376 g/mol. The highest BCUT2D eigenvalue weighted by molar-refractivity contribution is 6.22. The van der Waals surface area contributed by atoms with Crippen molar-refractivity contribution in [2.45, 2.75) is 66.8 Å². The fourth-order valence-electron chi connectivity index (χ4n) is 4.45. The number of halogens is 1. The van der Waals surface area contributed by atoms with Gasteiger partial charge in [-0.3, -0.25) is 0 Å². The summed E-state index contributed by atoms with van der Waals surface area (Å²) in [6.07, 6.45) is -9.81. The molecule has 4 bridgehead atoms. The summed E-state index contributed by atoms with van der Waals surface area (Å²) in [5.41, 5.74) is -1.60. The van der Waals surface area contributed by atoms with Crippen molar-refractivity contribution in [3.63, 3.8) is 0 Å². The minimum Gasteiger partial charge on any atom is -0.394 e. The Kier molecular flexibility index (Phi) is 4.99. The van der Waals surface area contributed by atoms with Crippen LogP contribution >= 0.6 is 11.6 Å². The highest BCUT2D eigenvalue weighted by Crippen LogP contribution is 2.54. The van der Waals surface area contributed by atoms with Crippen molar-refractivity contribution in [1.82, 2.24) is 0 Å². The van der Waals surface area contributed by atoms with Crippen molar-refractivity contribution >= 4 is 11.6 Å². The maximum Gasteiger partial charge on any atom is 0.189 e. The predicted octanol–water partition coefficient (Wildman–Crippen LogP) is -3.15. The van der Waals surface area contributed by atoms with E-state index in [0.717, 1.165) is 0 Å². The van der Waals surface area contributed by atoms with E-state index in [1.165, 1.54) is 0 Å². The van der Waals surface area contributed by atoms with Crippen molar-refractivity contribution in [3.8, 4) is 0 Å². The topological polar surface area (TPSA) is 158 Å². The Balaban J connectivity index is 1.57. The van der Waals surface area contributed by atoms with Crippen LogP contribution in [-0.2, 0) is 18.9 Å². The maximum atomic E-state index is 11.0. The second kappa shape index (κ2) is 6.75. The third-order valence-corrected chi connectivity index (χ3v) is 6.55. The lowest BCUT2D eigenvalue weighted by Crippen LogP contribution is -2.61. The maximum absolute atomic E-state index is 11.0. The third-order valence-electron chi connectivity index (χ3n) is 5.92. The first kappa shape index (κ1) is 19.2. The Bertz CT molecular complexity index is 537. The van der Waals surface area contributed by atoms with Crippen LogP contribution in [0, 0.1) is 11.8 Å². The Hall–Kier alpha value is -0.110. The standard InChI is InChI=1S/C15H23ClO10/c16-12-8(18)4-1-6-23-3-15(12,22)7(4)13(25-6)26-14-11(21)10(20)9(19)5(2-17)24-14/h4-14,17-22H,1-3H2/t4-,5-,6-,7-,8+,9-,10+,11-,12-,13+,14+,15?/m1/s1. The number of aliphatic hydroxyl groups is 6. The molecule has 4 heterocycles. The van der Waals surface area contributed by atoms with E-state index < -0.39 is 78.8 Å². The van der Waals surface area contributed by atoms with Crippen molar-refractivity contribution in [2.75, 3.05) is 13.2 Å². The molecule has 11 heteroatoms. The molecule has 26 heavy (non-hydrogen) atoms. The summed E-state index contributed by atoms with van der Waals surface area (Å²) in [5, 5.41) is 59.5. The second-order valence-electron chi connectivity index (χ2n) is 7.39. The molecule has 0 radical (unpaired) electrons. The quantitative estimate of drug-likeness (QED) is 0.268. The Morgan fingerprint density at radius 1 is 1.00 bits per heavy atom. The van der Waals surface area contributed by atoms with Crippen LogP contribution in [0.15, 0.2) is 0 Å². The van der Waals surface area contributed by atoms with Gasteiger partial charge in [0.15, 0.2) is 18.9 Å². The molecule has 0 aromatic heterocycles. The molecule has 0 amide bonds. The molecule has 150 valence electrons. The Morgan fingerprint density at radius 2 is 1.73 bits per heavy atom. The first-order valence-corrected chi connectivity index (χ1v) is 8.99. The van der Waals surface area contributed by atoms with Gasteiger partial charge in [0.1, 0.15) is 30.0 Å². The van der Waals surface area contributed by atoms with E-state index in [1.54, 1.807) is 0 Å². The Labute approximate surface area is 153 Å².